The fourth-order valence-electron chi connectivity index (χ4n) is 2.06. The van der Waals surface area contributed by atoms with Crippen LogP contribution in [0.1, 0.15) is 24.9 Å². The lowest BCUT2D eigenvalue weighted by Crippen LogP contribution is -2.39. The molecule has 3 atom stereocenters. The minimum Gasteiger partial charge on any atom is -0.307 e. The van der Waals surface area contributed by atoms with Crippen molar-refractivity contribution < 1.29 is 8.78 Å². The van der Waals surface area contributed by atoms with Crippen LogP contribution in [-0.4, -0.2) is 12.7 Å². The molecule has 1 fully saturated rings. The van der Waals surface area contributed by atoms with Gasteiger partial charge in [0, 0.05) is 0 Å². The van der Waals surface area contributed by atoms with Crippen molar-refractivity contribution >= 4 is 0 Å². The Hall–Kier alpha value is -0.960. The number of nitrogens with one attached hydrogen (secondary N) is 1. The number of halogens is 2. The van der Waals surface area contributed by atoms with Crippen LogP contribution in [0.4, 0.5) is 8.78 Å². The number of hydrogen-bond donors (Lipinski definition) is 1. The zero-order valence-electron chi connectivity index (χ0n) is 8.71. The van der Waals surface area contributed by atoms with Crippen molar-refractivity contribution in [1.29, 1.82) is 0 Å². The summed E-state index contributed by atoms with van der Waals surface area (Å²) in [4.78, 5) is 0. The zero-order valence-corrected chi connectivity index (χ0v) is 8.71. The molecule has 0 saturated carbocycles. The minimum atomic E-state index is -0.876. The van der Waals surface area contributed by atoms with Crippen LogP contribution in [0.25, 0.3) is 0 Å². The third-order valence-electron chi connectivity index (χ3n) is 2.90. The van der Waals surface area contributed by atoms with Crippen molar-refractivity contribution in [3.8, 4) is 0 Å². The molecular formula is C12H15F2N. The molecule has 2 rings (SSSR count). The molecule has 1 nitrogen and oxygen atoms in total. The zero-order chi connectivity index (χ0) is 10.8. The van der Waals surface area contributed by atoms with E-state index in [1.165, 1.54) is 12.1 Å². The fourth-order valence-corrected chi connectivity index (χ4v) is 2.06. The Morgan fingerprint density at radius 3 is 2.53 bits per heavy atom. The standard InChI is InChI=1S/C12H15F2N/c1-8-6-11(14)12(15-7-8)9-2-4-10(13)5-3-9/h2-5,8,11-12,15H,6-7H2,1H3. The molecule has 1 saturated heterocycles. The van der Waals surface area contributed by atoms with Gasteiger partial charge in [-0.2, -0.15) is 0 Å². The van der Waals surface area contributed by atoms with Crippen LogP contribution in [0.3, 0.4) is 0 Å². The van der Waals surface area contributed by atoms with E-state index in [-0.39, 0.29) is 11.9 Å². The fraction of sp³-hybridized carbons (Fsp3) is 0.500. The molecule has 15 heavy (non-hydrogen) atoms. The van der Waals surface area contributed by atoms with Crippen LogP contribution >= 0.6 is 0 Å². The summed E-state index contributed by atoms with van der Waals surface area (Å²) in [5.41, 5.74) is 0.829. The Morgan fingerprint density at radius 2 is 1.93 bits per heavy atom. The van der Waals surface area contributed by atoms with Crippen LogP contribution in [0.15, 0.2) is 24.3 Å². The maximum Gasteiger partial charge on any atom is 0.123 e. The highest BCUT2D eigenvalue weighted by Crippen LogP contribution is 2.28. The molecule has 0 spiro atoms. The first kappa shape index (κ1) is 10.6. The third-order valence-corrected chi connectivity index (χ3v) is 2.90. The molecule has 1 N–H and O–H groups in total. The number of rotatable bonds is 1. The highest BCUT2D eigenvalue weighted by atomic mass is 19.1. The van der Waals surface area contributed by atoms with Gasteiger partial charge in [0.1, 0.15) is 12.0 Å². The predicted molar refractivity (Wildman–Crippen MR) is 55.8 cm³/mol. The van der Waals surface area contributed by atoms with Crippen molar-refractivity contribution in [3.63, 3.8) is 0 Å². The van der Waals surface area contributed by atoms with E-state index in [0.29, 0.717) is 12.3 Å². The summed E-state index contributed by atoms with van der Waals surface area (Å²) in [6.07, 6.45) is -0.297. The summed E-state index contributed by atoms with van der Waals surface area (Å²) >= 11 is 0. The first-order chi connectivity index (χ1) is 7.16. The van der Waals surface area contributed by atoms with E-state index in [0.717, 1.165) is 12.1 Å². The molecule has 1 aliphatic rings. The predicted octanol–water partition coefficient (Wildman–Crippen LogP) is 2.83. The van der Waals surface area contributed by atoms with Crippen LogP contribution in [-0.2, 0) is 0 Å². The topological polar surface area (TPSA) is 12.0 Å². The molecule has 0 aliphatic carbocycles. The Kier molecular flexibility index (Phi) is 3.00. The summed E-state index contributed by atoms with van der Waals surface area (Å²) in [6, 6.07) is 5.77. The minimum absolute atomic E-state index is 0.276. The van der Waals surface area contributed by atoms with Crippen LogP contribution in [0, 0.1) is 11.7 Å². The summed E-state index contributed by atoms with van der Waals surface area (Å²) in [5.74, 6) is 0.0926. The lowest BCUT2D eigenvalue weighted by atomic mass is 9.90. The smallest absolute Gasteiger partial charge is 0.123 e. The molecule has 0 aromatic heterocycles. The molecule has 1 aliphatic heterocycles. The summed E-state index contributed by atoms with van der Waals surface area (Å²) in [7, 11) is 0. The van der Waals surface area contributed by atoms with Crippen molar-refractivity contribution in [2.75, 3.05) is 6.54 Å². The largest absolute Gasteiger partial charge is 0.307 e. The molecular weight excluding hydrogens is 196 g/mol. The van der Waals surface area contributed by atoms with E-state index >= 15 is 0 Å². The number of alkyl halides is 1. The quantitative estimate of drug-likeness (QED) is 0.753. The second-order valence-electron chi connectivity index (χ2n) is 4.29. The Labute approximate surface area is 88.5 Å². The van der Waals surface area contributed by atoms with E-state index in [1.807, 2.05) is 6.92 Å². The monoisotopic (exact) mass is 211 g/mol. The van der Waals surface area contributed by atoms with E-state index in [2.05, 4.69) is 5.32 Å². The number of benzene rings is 1. The normalized spacial score (nSPS) is 31.5. The molecule has 1 heterocycles. The Morgan fingerprint density at radius 1 is 1.27 bits per heavy atom. The van der Waals surface area contributed by atoms with Gasteiger partial charge in [-0.3, -0.25) is 0 Å². The Bertz CT molecular complexity index is 323. The SMILES string of the molecule is CC1CNC(c2ccc(F)cc2)C(F)C1. The maximum atomic E-state index is 13.7. The highest BCUT2D eigenvalue weighted by Gasteiger charge is 2.28. The second kappa shape index (κ2) is 4.27. The molecule has 1 aromatic carbocycles. The maximum absolute atomic E-state index is 13.7. The van der Waals surface area contributed by atoms with Crippen LogP contribution < -0.4 is 5.32 Å². The molecule has 82 valence electrons. The molecule has 0 amide bonds. The molecule has 3 heteroatoms. The van der Waals surface area contributed by atoms with Crippen LogP contribution in [0.5, 0.6) is 0 Å². The molecule has 0 radical (unpaired) electrons. The molecule has 3 unspecified atom stereocenters. The van der Waals surface area contributed by atoms with Gasteiger partial charge in [-0.05, 0) is 36.6 Å². The summed E-state index contributed by atoms with van der Waals surface area (Å²) < 4.78 is 26.4. The second-order valence-corrected chi connectivity index (χ2v) is 4.29. The van der Waals surface area contributed by atoms with Gasteiger partial charge < -0.3 is 5.32 Å². The first-order valence-corrected chi connectivity index (χ1v) is 5.29. The van der Waals surface area contributed by atoms with E-state index in [4.69, 9.17) is 0 Å². The first-order valence-electron chi connectivity index (χ1n) is 5.29. The van der Waals surface area contributed by atoms with E-state index < -0.39 is 6.17 Å². The van der Waals surface area contributed by atoms with Gasteiger partial charge in [0.05, 0.1) is 6.04 Å². The van der Waals surface area contributed by atoms with Crippen molar-refractivity contribution in [2.45, 2.75) is 25.6 Å². The van der Waals surface area contributed by atoms with Gasteiger partial charge in [0.2, 0.25) is 0 Å². The number of piperidine rings is 1. The van der Waals surface area contributed by atoms with E-state index in [1.54, 1.807) is 12.1 Å². The molecule has 1 aromatic rings. The third kappa shape index (κ3) is 2.34. The van der Waals surface area contributed by atoms with Crippen molar-refractivity contribution in [2.24, 2.45) is 5.92 Å². The average molecular weight is 211 g/mol. The van der Waals surface area contributed by atoms with Gasteiger partial charge in [0.15, 0.2) is 0 Å². The molecule has 0 bridgehead atoms. The van der Waals surface area contributed by atoms with Gasteiger partial charge >= 0.3 is 0 Å². The van der Waals surface area contributed by atoms with Gasteiger partial charge in [-0.25, -0.2) is 8.78 Å². The highest BCUT2D eigenvalue weighted by molar-refractivity contribution is 5.21. The van der Waals surface area contributed by atoms with Gasteiger partial charge in [-0.1, -0.05) is 19.1 Å². The lowest BCUT2D eigenvalue weighted by Gasteiger charge is -2.31. The van der Waals surface area contributed by atoms with Gasteiger partial charge in [0.25, 0.3) is 0 Å². The Balaban J connectivity index is 2.13. The van der Waals surface area contributed by atoms with E-state index in [9.17, 15) is 8.78 Å². The van der Waals surface area contributed by atoms with Gasteiger partial charge in [-0.15, -0.1) is 0 Å². The number of hydrogen-bond acceptors (Lipinski definition) is 1. The average Bonchev–Trinajstić information content (AvgIpc) is 2.20. The van der Waals surface area contributed by atoms with Crippen molar-refractivity contribution in [1.82, 2.24) is 5.32 Å². The summed E-state index contributed by atoms with van der Waals surface area (Å²) in [5, 5.41) is 3.16. The summed E-state index contributed by atoms with van der Waals surface area (Å²) in [6.45, 7) is 2.85. The van der Waals surface area contributed by atoms with Crippen LogP contribution in [0.2, 0.25) is 0 Å². The lowest BCUT2D eigenvalue weighted by molar-refractivity contribution is 0.166. The van der Waals surface area contributed by atoms with Crippen molar-refractivity contribution in [3.05, 3.63) is 35.6 Å².